The second-order valence-corrected chi connectivity index (χ2v) is 8.93. The van der Waals surface area contributed by atoms with Crippen molar-refractivity contribution in [3.8, 4) is 0 Å². The molecule has 0 unspecified atom stereocenters. The van der Waals surface area contributed by atoms with Crippen molar-refractivity contribution in [1.29, 1.82) is 0 Å². The summed E-state index contributed by atoms with van der Waals surface area (Å²) in [5.74, 6) is 2.81. The Balaban J connectivity index is 1.32. The van der Waals surface area contributed by atoms with E-state index in [2.05, 4.69) is 71.3 Å². The van der Waals surface area contributed by atoms with Crippen LogP contribution in [-0.4, -0.2) is 45.8 Å². The van der Waals surface area contributed by atoms with Crippen molar-refractivity contribution in [3.05, 3.63) is 82.8 Å². The largest absolute Gasteiger partial charge is 0.368 e. The number of anilines is 2. The third kappa shape index (κ3) is 3.49. The molecular formula is C26H28N6. The molecule has 2 aromatic heterocycles. The van der Waals surface area contributed by atoms with Gasteiger partial charge in [-0.25, -0.2) is 4.98 Å². The number of hydrogen-bond donors (Lipinski definition) is 0. The van der Waals surface area contributed by atoms with Crippen LogP contribution in [0.15, 0.2) is 54.6 Å². The van der Waals surface area contributed by atoms with E-state index in [1.165, 1.54) is 40.3 Å². The Kier molecular flexibility index (Phi) is 4.78. The fourth-order valence-corrected chi connectivity index (χ4v) is 5.00. The molecule has 6 rings (SSSR count). The fourth-order valence-electron chi connectivity index (χ4n) is 5.00. The molecule has 0 N–H and O–H groups in total. The van der Waals surface area contributed by atoms with Gasteiger partial charge in [-0.2, -0.15) is 9.50 Å². The topological polar surface area (TPSA) is 49.6 Å². The quantitative estimate of drug-likeness (QED) is 0.498. The average molecular weight is 425 g/mol. The van der Waals surface area contributed by atoms with Gasteiger partial charge in [0.1, 0.15) is 5.82 Å². The van der Waals surface area contributed by atoms with Gasteiger partial charge < -0.3 is 9.80 Å². The first-order chi connectivity index (χ1) is 15.7. The number of aromatic nitrogens is 4. The Labute approximate surface area is 188 Å². The molecule has 0 saturated carbocycles. The van der Waals surface area contributed by atoms with Gasteiger partial charge in [0.05, 0.1) is 5.69 Å². The Morgan fingerprint density at radius 1 is 0.812 bits per heavy atom. The van der Waals surface area contributed by atoms with E-state index in [-0.39, 0.29) is 0 Å². The number of para-hydroxylation sites is 1. The van der Waals surface area contributed by atoms with Crippen molar-refractivity contribution in [1.82, 2.24) is 19.6 Å². The first kappa shape index (κ1) is 19.3. The highest BCUT2D eigenvalue weighted by molar-refractivity contribution is 5.58. The van der Waals surface area contributed by atoms with Gasteiger partial charge in [-0.05, 0) is 43.9 Å². The minimum Gasteiger partial charge on any atom is -0.368 e. The molecule has 32 heavy (non-hydrogen) atoms. The maximum atomic E-state index is 4.95. The van der Waals surface area contributed by atoms with E-state index in [0.29, 0.717) is 0 Å². The summed E-state index contributed by atoms with van der Waals surface area (Å²) in [6.07, 6.45) is 4.03. The first-order valence-corrected chi connectivity index (χ1v) is 11.6. The van der Waals surface area contributed by atoms with Crippen molar-refractivity contribution < 1.29 is 0 Å². The molecular weight excluding hydrogens is 396 g/mol. The van der Waals surface area contributed by atoms with E-state index in [0.717, 1.165) is 57.0 Å². The highest BCUT2D eigenvalue weighted by Crippen LogP contribution is 2.32. The number of hydrogen-bond acceptors (Lipinski definition) is 5. The van der Waals surface area contributed by atoms with Gasteiger partial charge in [0.2, 0.25) is 0 Å². The van der Waals surface area contributed by atoms with E-state index in [1.54, 1.807) is 0 Å². The first-order valence-electron chi connectivity index (χ1n) is 11.6. The van der Waals surface area contributed by atoms with Crippen molar-refractivity contribution in [2.24, 2.45) is 0 Å². The van der Waals surface area contributed by atoms with Gasteiger partial charge in [-0.3, -0.25) is 0 Å². The van der Waals surface area contributed by atoms with Crippen LogP contribution in [-0.2, 0) is 19.3 Å². The van der Waals surface area contributed by atoms with Crippen LogP contribution < -0.4 is 9.80 Å². The summed E-state index contributed by atoms with van der Waals surface area (Å²) in [4.78, 5) is 14.7. The molecule has 0 amide bonds. The number of rotatable bonds is 4. The molecule has 6 nitrogen and oxygen atoms in total. The molecule has 2 aromatic carbocycles. The van der Waals surface area contributed by atoms with Crippen LogP contribution in [0, 0.1) is 6.92 Å². The van der Waals surface area contributed by atoms with Crippen LogP contribution in [0.5, 0.6) is 0 Å². The summed E-state index contributed by atoms with van der Waals surface area (Å²) in [5, 5.41) is 4.95. The molecule has 162 valence electrons. The molecule has 2 aliphatic rings. The van der Waals surface area contributed by atoms with E-state index in [9.17, 15) is 0 Å². The maximum absolute atomic E-state index is 4.95. The summed E-state index contributed by atoms with van der Waals surface area (Å²) >= 11 is 0. The van der Waals surface area contributed by atoms with Crippen LogP contribution in [0.25, 0.3) is 5.78 Å². The van der Waals surface area contributed by atoms with Crippen LogP contribution in [0.2, 0.25) is 0 Å². The lowest BCUT2D eigenvalue weighted by Gasteiger charge is -2.37. The number of piperazine rings is 1. The molecule has 1 aliphatic carbocycles. The van der Waals surface area contributed by atoms with Crippen LogP contribution in [0.4, 0.5) is 11.5 Å². The predicted molar refractivity (Wildman–Crippen MR) is 128 cm³/mol. The van der Waals surface area contributed by atoms with Crippen molar-refractivity contribution >= 4 is 17.3 Å². The summed E-state index contributed by atoms with van der Waals surface area (Å²) in [6.45, 7) is 6.09. The molecule has 0 bridgehead atoms. The molecule has 0 atom stereocenters. The molecule has 1 aliphatic heterocycles. The zero-order chi connectivity index (χ0) is 21.5. The zero-order valence-corrected chi connectivity index (χ0v) is 18.5. The Hall–Kier alpha value is -3.41. The van der Waals surface area contributed by atoms with Gasteiger partial charge in [0.25, 0.3) is 5.78 Å². The Bertz CT molecular complexity index is 1240. The lowest BCUT2D eigenvalue weighted by atomic mass is 10.1. The van der Waals surface area contributed by atoms with Crippen molar-refractivity contribution in [2.75, 3.05) is 36.0 Å². The monoisotopic (exact) mass is 424 g/mol. The molecule has 1 saturated heterocycles. The van der Waals surface area contributed by atoms with Gasteiger partial charge >= 0.3 is 0 Å². The number of aryl methyl sites for hydroxylation is 2. The molecule has 6 heteroatoms. The summed E-state index contributed by atoms with van der Waals surface area (Å²) < 4.78 is 2.02. The predicted octanol–water partition coefficient (Wildman–Crippen LogP) is 3.84. The summed E-state index contributed by atoms with van der Waals surface area (Å²) in [5.41, 5.74) is 6.40. The highest BCUT2D eigenvalue weighted by Gasteiger charge is 2.28. The second kappa shape index (κ2) is 7.93. The van der Waals surface area contributed by atoms with Crippen LogP contribution in [0.1, 0.15) is 34.6 Å². The molecule has 4 aromatic rings. The standard InChI is InChI=1S/C26H28N6/c1-19-10-12-20(13-11-19)18-24-28-26-27-23-9-5-8-22(23)25(32(26)29-24)31-16-14-30(15-17-31)21-6-3-2-4-7-21/h2-4,6-7,10-13H,5,8-9,14-18H2,1H3. The van der Waals surface area contributed by atoms with Gasteiger partial charge in [0.15, 0.2) is 5.82 Å². The van der Waals surface area contributed by atoms with Crippen LogP contribution >= 0.6 is 0 Å². The minimum absolute atomic E-state index is 0.732. The van der Waals surface area contributed by atoms with Gasteiger partial charge in [-0.1, -0.05) is 48.0 Å². The van der Waals surface area contributed by atoms with Gasteiger partial charge in [0, 0.05) is 43.9 Å². The summed E-state index contributed by atoms with van der Waals surface area (Å²) in [6, 6.07) is 19.3. The Morgan fingerprint density at radius 3 is 2.34 bits per heavy atom. The van der Waals surface area contributed by atoms with E-state index in [1.807, 2.05) is 4.52 Å². The highest BCUT2D eigenvalue weighted by atomic mass is 15.4. The average Bonchev–Trinajstić information content (AvgIpc) is 3.46. The third-order valence-corrected chi connectivity index (χ3v) is 6.71. The van der Waals surface area contributed by atoms with Gasteiger partial charge in [-0.15, -0.1) is 5.10 Å². The fraction of sp³-hybridized carbons (Fsp3) is 0.346. The Morgan fingerprint density at radius 2 is 1.56 bits per heavy atom. The van der Waals surface area contributed by atoms with E-state index < -0.39 is 0 Å². The zero-order valence-electron chi connectivity index (χ0n) is 18.5. The summed E-state index contributed by atoms with van der Waals surface area (Å²) in [7, 11) is 0. The number of fused-ring (bicyclic) bond motifs is 2. The van der Waals surface area contributed by atoms with Crippen LogP contribution in [0.3, 0.4) is 0 Å². The van der Waals surface area contributed by atoms with Crippen molar-refractivity contribution in [2.45, 2.75) is 32.6 Å². The molecule has 0 spiro atoms. The molecule has 1 fully saturated rings. The van der Waals surface area contributed by atoms with E-state index in [4.69, 9.17) is 15.1 Å². The number of benzene rings is 2. The maximum Gasteiger partial charge on any atom is 0.254 e. The minimum atomic E-state index is 0.732. The lowest BCUT2D eigenvalue weighted by Crippen LogP contribution is -2.47. The van der Waals surface area contributed by atoms with Crippen molar-refractivity contribution in [3.63, 3.8) is 0 Å². The number of nitrogens with zero attached hydrogens (tertiary/aromatic N) is 6. The third-order valence-electron chi connectivity index (χ3n) is 6.71. The normalized spacial score (nSPS) is 16.0. The van der Waals surface area contributed by atoms with E-state index >= 15 is 0 Å². The molecule has 3 heterocycles. The lowest BCUT2D eigenvalue weighted by molar-refractivity contribution is 0.635. The second-order valence-electron chi connectivity index (χ2n) is 8.93. The SMILES string of the molecule is Cc1ccc(Cc2nc3nc4c(c(N5CCN(c6ccccc6)CC5)n3n2)CCC4)cc1. The molecule has 0 radical (unpaired) electrons. The smallest absolute Gasteiger partial charge is 0.254 e.